The Morgan fingerprint density at radius 1 is 1.27 bits per heavy atom. The van der Waals surface area contributed by atoms with Crippen molar-refractivity contribution in [3.63, 3.8) is 0 Å². The first-order valence-corrected chi connectivity index (χ1v) is 9.56. The molecule has 0 spiro atoms. The zero-order valence-electron chi connectivity index (χ0n) is 15.5. The van der Waals surface area contributed by atoms with Crippen LogP contribution in [0.2, 0.25) is 0 Å². The molecule has 2 fully saturated rings. The minimum absolute atomic E-state index is 0.000624. The molecular formula is C20H29N3O3. The highest BCUT2D eigenvalue weighted by molar-refractivity contribution is 5.81. The molecule has 1 aromatic rings. The van der Waals surface area contributed by atoms with E-state index in [0.717, 1.165) is 37.8 Å². The number of nitrogens with two attached hydrogens (primary N) is 1. The Labute approximate surface area is 155 Å². The second-order valence-electron chi connectivity index (χ2n) is 7.50. The molecule has 6 heteroatoms. The number of piperidine rings is 1. The summed E-state index contributed by atoms with van der Waals surface area (Å²) in [5, 5.41) is 0. The van der Waals surface area contributed by atoms with Crippen LogP contribution in [0.1, 0.15) is 38.2 Å². The number of carbonyl (C=O) groups is 2. The summed E-state index contributed by atoms with van der Waals surface area (Å²) in [6.45, 7) is 4.11. The van der Waals surface area contributed by atoms with Gasteiger partial charge in [-0.2, -0.15) is 0 Å². The van der Waals surface area contributed by atoms with Crippen molar-refractivity contribution in [2.24, 2.45) is 11.7 Å². The van der Waals surface area contributed by atoms with Crippen molar-refractivity contribution < 1.29 is 14.3 Å². The van der Waals surface area contributed by atoms with Crippen molar-refractivity contribution in [3.05, 3.63) is 35.9 Å². The van der Waals surface area contributed by atoms with E-state index in [-0.39, 0.29) is 24.0 Å². The molecule has 1 aromatic carbocycles. The molecule has 1 heterocycles. The maximum absolute atomic E-state index is 12.6. The van der Waals surface area contributed by atoms with E-state index in [4.69, 9.17) is 10.5 Å². The molecule has 1 saturated carbocycles. The number of carbonyl (C=O) groups excluding carboxylic acids is 2. The van der Waals surface area contributed by atoms with Crippen LogP contribution in [-0.2, 0) is 16.1 Å². The lowest BCUT2D eigenvalue weighted by atomic mass is 9.97. The van der Waals surface area contributed by atoms with Gasteiger partial charge in [0.05, 0.1) is 6.04 Å². The van der Waals surface area contributed by atoms with Gasteiger partial charge in [-0.1, -0.05) is 30.3 Å². The molecule has 1 saturated heterocycles. The van der Waals surface area contributed by atoms with E-state index >= 15 is 0 Å². The smallest absolute Gasteiger partial charge is 0.410 e. The molecular weight excluding hydrogens is 330 g/mol. The van der Waals surface area contributed by atoms with Crippen molar-refractivity contribution in [2.75, 3.05) is 19.6 Å². The van der Waals surface area contributed by atoms with Crippen LogP contribution in [0.5, 0.6) is 0 Å². The molecule has 2 N–H and O–H groups in total. The molecule has 142 valence electrons. The molecule has 2 amide bonds. The number of hydrogen-bond donors (Lipinski definition) is 1. The first-order valence-electron chi connectivity index (χ1n) is 9.56. The Kier molecular flexibility index (Phi) is 6.14. The number of ether oxygens (including phenoxy) is 1. The minimum Gasteiger partial charge on any atom is -0.445 e. The van der Waals surface area contributed by atoms with E-state index < -0.39 is 6.04 Å². The van der Waals surface area contributed by atoms with Gasteiger partial charge in [0.25, 0.3) is 0 Å². The average Bonchev–Trinajstić information content (AvgIpc) is 3.49. The van der Waals surface area contributed by atoms with Crippen LogP contribution in [-0.4, -0.2) is 53.5 Å². The SMILES string of the molecule is C[C@H](N)C(=O)N1CCC[C@H](CN(C(=O)OCc2ccccc2)C2CC2)C1. The predicted molar refractivity (Wildman–Crippen MR) is 99.3 cm³/mol. The number of rotatable bonds is 6. The summed E-state index contributed by atoms with van der Waals surface area (Å²) >= 11 is 0. The number of benzene rings is 1. The van der Waals surface area contributed by atoms with Crippen molar-refractivity contribution in [1.29, 1.82) is 0 Å². The van der Waals surface area contributed by atoms with E-state index in [9.17, 15) is 9.59 Å². The summed E-state index contributed by atoms with van der Waals surface area (Å²) < 4.78 is 5.53. The number of likely N-dealkylation sites (tertiary alicyclic amines) is 1. The molecule has 0 aromatic heterocycles. The Hall–Kier alpha value is -2.08. The van der Waals surface area contributed by atoms with Gasteiger partial charge in [-0.3, -0.25) is 4.79 Å². The van der Waals surface area contributed by atoms with Gasteiger partial charge in [0, 0.05) is 25.7 Å². The molecule has 2 aliphatic rings. The topological polar surface area (TPSA) is 75.9 Å². The number of hydrogen-bond acceptors (Lipinski definition) is 4. The fourth-order valence-corrected chi connectivity index (χ4v) is 3.54. The highest BCUT2D eigenvalue weighted by Crippen LogP contribution is 2.30. The van der Waals surface area contributed by atoms with Crippen LogP contribution in [0.25, 0.3) is 0 Å². The zero-order valence-corrected chi connectivity index (χ0v) is 15.5. The van der Waals surface area contributed by atoms with E-state index in [2.05, 4.69) is 0 Å². The van der Waals surface area contributed by atoms with E-state index in [0.29, 0.717) is 19.7 Å². The molecule has 1 aliphatic heterocycles. The monoisotopic (exact) mass is 359 g/mol. The van der Waals surface area contributed by atoms with Crippen LogP contribution < -0.4 is 5.73 Å². The van der Waals surface area contributed by atoms with Gasteiger partial charge in [-0.25, -0.2) is 4.79 Å². The lowest BCUT2D eigenvalue weighted by Crippen LogP contribution is -2.49. The van der Waals surface area contributed by atoms with Crippen LogP contribution in [0.15, 0.2) is 30.3 Å². The standard InChI is InChI=1S/C20H29N3O3/c1-15(21)19(24)22-11-5-8-17(12-22)13-23(18-9-10-18)20(25)26-14-16-6-3-2-4-7-16/h2-4,6-7,15,17-18H,5,8-14,21H2,1H3/t15-,17-/m0/s1. The molecule has 1 aliphatic carbocycles. The molecule has 26 heavy (non-hydrogen) atoms. The second-order valence-corrected chi connectivity index (χ2v) is 7.50. The van der Waals surface area contributed by atoms with Gasteiger partial charge >= 0.3 is 6.09 Å². The third-order valence-corrected chi connectivity index (χ3v) is 5.10. The van der Waals surface area contributed by atoms with Crippen LogP contribution in [0, 0.1) is 5.92 Å². The summed E-state index contributed by atoms with van der Waals surface area (Å²) in [5.41, 5.74) is 6.73. The normalized spacial score (nSPS) is 21.2. The first-order chi connectivity index (χ1) is 12.5. The van der Waals surface area contributed by atoms with Gasteiger partial charge in [-0.05, 0) is 44.1 Å². The van der Waals surface area contributed by atoms with Gasteiger partial charge in [0.2, 0.25) is 5.91 Å². The Balaban J connectivity index is 1.54. The lowest BCUT2D eigenvalue weighted by molar-refractivity contribution is -0.134. The summed E-state index contributed by atoms with van der Waals surface area (Å²) in [6, 6.07) is 9.55. The largest absolute Gasteiger partial charge is 0.445 e. The summed E-state index contributed by atoms with van der Waals surface area (Å²) in [5.74, 6) is 0.288. The maximum atomic E-state index is 12.6. The predicted octanol–water partition coefficient (Wildman–Crippen LogP) is 2.37. The van der Waals surface area contributed by atoms with E-state index in [1.807, 2.05) is 40.1 Å². The molecule has 6 nitrogen and oxygen atoms in total. The third-order valence-electron chi connectivity index (χ3n) is 5.10. The summed E-state index contributed by atoms with van der Waals surface area (Å²) in [4.78, 5) is 28.5. The van der Waals surface area contributed by atoms with Crippen molar-refractivity contribution in [1.82, 2.24) is 9.80 Å². The zero-order chi connectivity index (χ0) is 18.5. The number of amides is 2. The van der Waals surface area contributed by atoms with Gasteiger partial charge in [0.1, 0.15) is 6.61 Å². The fraction of sp³-hybridized carbons (Fsp3) is 0.600. The Morgan fingerprint density at radius 3 is 2.65 bits per heavy atom. The first kappa shape index (κ1) is 18.7. The highest BCUT2D eigenvalue weighted by atomic mass is 16.6. The van der Waals surface area contributed by atoms with Gasteiger partial charge < -0.3 is 20.3 Å². The Bertz CT molecular complexity index is 616. The van der Waals surface area contributed by atoms with Crippen molar-refractivity contribution in [2.45, 2.75) is 51.3 Å². The highest BCUT2D eigenvalue weighted by Gasteiger charge is 2.36. The van der Waals surface area contributed by atoms with Gasteiger partial charge in [0.15, 0.2) is 0 Å². The van der Waals surface area contributed by atoms with Crippen LogP contribution >= 0.6 is 0 Å². The molecule has 0 bridgehead atoms. The number of nitrogens with zero attached hydrogens (tertiary/aromatic N) is 2. The van der Waals surface area contributed by atoms with Gasteiger partial charge in [-0.15, -0.1) is 0 Å². The molecule has 0 unspecified atom stereocenters. The maximum Gasteiger partial charge on any atom is 0.410 e. The quantitative estimate of drug-likeness (QED) is 0.846. The Morgan fingerprint density at radius 2 is 2.00 bits per heavy atom. The van der Waals surface area contributed by atoms with Crippen molar-refractivity contribution >= 4 is 12.0 Å². The third kappa shape index (κ3) is 4.97. The van der Waals surface area contributed by atoms with Crippen molar-refractivity contribution in [3.8, 4) is 0 Å². The summed E-state index contributed by atoms with van der Waals surface area (Å²) in [6.07, 6.45) is 3.82. The summed E-state index contributed by atoms with van der Waals surface area (Å²) in [7, 11) is 0. The van der Waals surface area contributed by atoms with Crippen LogP contribution in [0.4, 0.5) is 4.79 Å². The minimum atomic E-state index is -0.468. The van der Waals surface area contributed by atoms with E-state index in [1.54, 1.807) is 6.92 Å². The fourth-order valence-electron chi connectivity index (χ4n) is 3.54. The van der Waals surface area contributed by atoms with E-state index in [1.165, 1.54) is 0 Å². The molecule has 2 atom stereocenters. The average molecular weight is 359 g/mol. The molecule has 3 rings (SSSR count). The molecule has 0 radical (unpaired) electrons. The second kappa shape index (κ2) is 8.54. The lowest BCUT2D eigenvalue weighted by Gasteiger charge is -2.36. The van der Waals surface area contributed by atoms with Crippen LogP contribution in [0.3, 0.4) is 0 Å².